The Kier molecular flexibility index (Phi) is 5.27. The van der Waals surface area contributed by atoms with E-state index in [1.165, 1.54) is 34.6 Å². The molecule has 1 aromatic rings. The molecular weight excluding hydrogens is 266 g/mol. The highest BCUT2D eigenvalue weighted by Gasteiger charge is 2.32. The molecule has 0 radical (unpaired) electrons. The van der Waals surface area contributed by atoms with Crippen LogP contribution < -0.4 is 5.32 Å². The van der Waals surface area contributed by atoms with Gasteiger partial charge in [-0.15, -0.1) is 11.3 Å². The molecule has 1 aromatic heterocycles. The fraction of sp³-hybridized carbons (Fsp3) is 0.765. The average molecular weight is 295 g/mol. The van der Waals surface area contributed by atoms with Crippen LogP contribution in [0.1, 0.15) is 55.4 Å². The fourth-order valence-corrected chi connectivity index (χ4v) is 4.65. The molecule has 0 saturated heterocycles. The first-order chi connectivity index (χ1) is 9.39. The Labute approximate surface area is 127 Å². The molecule has 1 heterocycles. The van der Waals surface area contributed by atoms with Crippen molar-refractivity contribution in [2.45, 2.75) is 66.2 Å². The monoisotopic (exact) mass is 295 g/mol. The predicted molar refractivity (Wildman–Crippen MR) is 87.2 cm³/mol. The lowest BCUT2D eigenvalue weighted by atomic mass is 9.71. The van der Waals surface area contributed by atoms with E-state index in [0.29, 0.717) is 11.5 Å². The first-order valence-corrected chi connectivity index (χ1v) is 8.55. The lowest BCUT2D eigenvalue weighted by Crippen LogP contribution is -2.32. The Bertz CT molecular complexity index is 438. The maximum atomic E-state index is 6.23. The van der Waals surface area contributed by atoms with Gasteiger partial charge in [-0.2, -0.15) is 0 Å². The number of hydrogen-bond acceptors (Lipinski definition) is 3. The summed E-state index contributed by atoms with van der Waals surface area (Å²) in [7, 11) is 2.00. The largest absolute Gasteiger partial charge is 0.373 e. The van der Waals surface area contributed by atoms with Gasteiger partial charge in [-0.25, -0.2) is 0 Å². The first-order valence-electron chi connectivity index (χ1n) is 7.74. The summed E-state index contributed by atoms with van der Waals surface area (Å²) in [4.78, 5) is 2.80. The summed E-state index contributed by atoms with van der Waals surface area (Å²) in [5, 5.41) is 3.22. The van der Waals surface area contributed by atoms with Gasteiger partial charge in [-0.05, 0) is 56.2 Å². The Hall–Kier alpha value is -0.380. The summed E-state index contributed by atoms with van der Waals surface area (Å²) in [5.41, 5.74) is 1.81. The molecule has 0 bridgehead atoms. The van der Waals surface area contributed by atoms with Gasteiger partial charge in [0.15, 0.2) is 0 Å². The van der Waals surface area contributed by atoms with Crippen LogP contribution in [0.3, 0.4) is 0 Å². The normalized spacial score (nSPS) is 25.9. The summed E-state index contributed by atoms with van der Waals surface area (Å²) in [6.07, 6.45) is 4.18. The van der Waals surface area contributed by atoms with E-state index in [4.69, 9.17) is 4.74 Å². The minimum Gasteiger partial charge on any atom is -0.373 e. The number of thiophene rings is 1. The van der Waals surface area contributed by atoms with Crippen molar-refractivity contribution in [1.82, 2.24) is 5.32 Å². The van der Waals surface area contributed by atoms with E-state index in [0.717, 1.165) is 19.1 Å². The molecule has 1 N–H and O–H groups in total. The van der Waals surface area contributed by atoms with Crippen molar-refractivity contribution in [2.24, 2.45) is 11.3 Å². The topological polar surface area (TPSA) is 21.3 Å². The van der Waals surface area contributed by atoms with Crippen LogP contribution in [-0.4, -0.2) is 13.2 Å². The van der Waals surface area contributed by atoms with E-state index in [2.05, 4.69) is 39.1 Å². The van der Waals surface area contributed by atoms with Crippen LogP contribution in [-0.2, 0) is 17.9 Å². The van der Waals surface area contributed by atoms with E-state index in [-0.39, 0.29) is 0 Å². The van der Waals surface area contributed by atoms with Crippen molar-refractivity contribution in [2.75, 3.05) is 7.05 Å². The second-order valence-corrected chi connectivity index (χ2v) is 8.51. The van der Waals surface area contributed by atoms with Crippen molar-refractivity contribution in [3.63, 3.8) is 0 Å². The molecule has 0 spiro atoms. The van der Waals surface area contributed by atoms with Crippen LogP contribution >= 0.6 is 11.3 Å². The summed E-state index contributed by atoms with van der Waals surface area (Å²) < 4.78 is 6.23. The number of hydrogen-bond donors (Lipinski definition) is 1. The molecule has 1 aliphatic rings. The van der Waals surface area contributed by atoms with E-state index in [1.807, 2.05) is 18.4 Å². The predicted octanol–water partition coefficient (Wildman–Crippen LogP) is 4.51. The van der Waals surface area contributed by atoms with Gasteiger partial charge in [0.25, 0.3) is 0 Å². The molecule has 1 saturated carbocycles. The lowest BCUT2D eigenvalue weighted by Gasteiger charge is -2.38. The van der Waals surface area contributed by atoms with Gasteiger partial charge in [0, 0.05) is 16.3 Å². The molecule has 2 rings (SSSR count). The molecule has 2 nitrogen and oxygen atoms in total. The average Bonchev–Trinajstić information content (AvgIpc) is 2.65. The second-order valence-electron chi connectivity index (χ2n) is 7.17. The number of rotatable bonds is 5. The van der Waals surface area contributed by atoms with E-state index >= 15 is 0 Å². The van der Waals surface area contributed by atoms with Crippen LogP contribution in [0.4, 0.5) is 0 Å². The molecule has 0 aromatic carbocycles. The lowest BCUT2D eigenvalue weighted by molar-refractivity contribution is -0.0316. The summed E-state index contributed by atoms with van der Waals surface area (Å²) in [6, 6.07) is 2.30. The van der Waals surface area contributed by atoms with Crippen molar-refractivity contribution in [3.05, 3.63) is 21.4 Å². The van der Waals surface area contributed by atoms with Gasteiger partial charge in [0.2, 0.25) is 0 Å². The highest BCUT2D eigenvalue weighted by atomic mass is 32.1. The quantitative estimate of drug-likeness (QED) is 0.863. The molecular formula is C17H29NOS. The van der Waals surface area contributed by atoms with Crippen molar-refractivity contribution >= 4 is 11.3 Å². The maximum Gasteiger partial charge on any atom is 0.0731 e. The van der Waals surface area contributed by atoms with Gasteiger partial charge in [0.05, 0.1) is 12.7 Å². The van der Waals surface area contributed by atoms with Crippen molar-refractivity contribution in [3.8, 4) is 0 Å². The highest BCUT2D eigenvalue weighted by molar-refractivity contribution is 7.12. The molecule has 0 aliphatic heterocycles. The Balaban J connectivity index is 1.91. The highest BCUT2D eigenvalue weighted by Crippen LogP contribution is 2.40. The molecule has 0 amide bonds. The third-order valence-corrected chi connectivity index (χ3v) is 5.34. The minimum absolute atomic E-state index is 0.431. The van der Waals surface area contributed by atoms with E-state index in [1.54, 1.807) is 0 Å². The molecule has 2 unspecified atom stereocenters. The molecule has 2 atom stereocenters. The van der Waals surface area contributed by atoms with Crippen LogP contribution in [0, 0.1) is 18.3 Å². The fourth-order valence-electron chi connectivity index (χ4n) is 3.59. The number of aryl methyl sites for hydroxylation is 1. The molecule has 20 heavy (non-hydrogen) atoms. The van der Waals surface area contributed by atoms with Crippen molar-refractivity contribution in [1.29, 1.82) is 0 Å². The van der Waals surface area contributed by atoms with Gasteiger partial charge in [0.1, 0.15) is 0 Å². The maximum absolute atomic E-state index is 6.23. The third-order valence-electron chi connectivity index (χ3n) is 4.24. The molecule has 114 valence electrons. The Morgan fingerprint density at radius 2 is 2.15 bits per heavy atom. The zero-order valence-electron chi connectivity index (χ0n) is 13.6. The van der Waals surface area contributed by atoms with Gasteiger partial charge >= 0.3 is 0 Å². The number of ether oxygens (including phenoxy) is 1. The van der Waals surface area contributed by atoms with Crippen LogP contribution in [0.15, 0.2) is 6.07 Å². The molecule has 3 heteroatoms. The molecule has 1 aliphatic carbocycles. The van der Waals surface area contributed by atoms with Gasteiger partial charge < -0.3 is 10.1 Å². The summed E-state index contributed by atoms with van der Waals surface area (Å²) in [6.45, 7) is 11.0. The van der Waals surface area contributed by atoms with E-state index in [9.17, 15) is 0 Å². The first kappa shape index (κ1) is 16.0. The second kappa shape index (κ2) is 6.59. The SMILES string of the molecule is CNCc1cc(COC2CC(C)CC(C)(C)C2)c(C)s1. The standard InChI is InChI=1S/C17H29NOS/c1-12-6-15(9-17(3,4)8-12)19-11-14-7-16(10-18-5)20-13(14)2/h7,12,15,18H,6,8-11H2,1-5H3. The zero-order chi connectivity index (χ0) is 14.8. The Morgan fingerprint density at radius 1 is 1.40 bits per heavy atom. The Morgan fingerprint density at radius 3 is 2.80 bits per heavy atom. The minimum atomic E-state index is 0.431. The van der Waals surface area contributed by atoms with Crippen molar-refractivity contribution < 1.29 is 4.74 Å². The van der Waals surface area contributed by atoms with Crippen LogP contribution in [0.25, 0.3) is 0 Å². The number of nitrogens with one attached hydrogen (secondary N) is 1. The third kappa shape index (κ3) is 4.31. The van der Waals surface area contributed by atoms with Crippen LogP contribution in [0.2, 0.25) is 0 Å². The summed E-state index contributed by atoms with van der Waals surface area (Å²) >= 11 is 1.88. The van der Waals surface area contributed by atoms with Gasteiger partial charge in [-0.1, -0.05) is 20.8 Å². The zero-order valence-corrected chi connectivity index (χ0v) is 14.4. The van der Waals surface area contributed by atoms with E-state index < -0.39 is 0 Å². The molecule has 1 fully saturated rings. The van der Waals surface area contributed by atoms with Crippen LogP contribution in [0.5, 0.6) is 0 Å². The summed E-state index contributed by atoms with van der Waals surface area (Å²) in [5.74, 6) is 0.784. The smallest absolute Gasteiger partial charge is 0.0731 e. The van der Waals surface area contributed by atoms with Gasteiger partial charge in [-0.3, -0.25) is 0 Å².